The second-order valence-corrected chi connectivity index (χ2v) is 4.54. The first-order valence-corrected chi connectivity index (χ1v) is 5.99. The predicted octanol–water partition coefficient (Wildman–Crippen LogP) is 1.23. The fourth-order valence-corrected chi connectivity index (χ4v) is 2.30. The van der Waals surface area contributed by atoms with Crippen molar-refractivity contribution in [3.05, 3.63) is 0 Å². The van der Waals surface area contributed by atoms with E-state index in [2.05, 4.69) is 24.8 Å². The third-order valence-electron chi connectivity index (χ3n) is 3.22. The average Bonchev–Trinajstić information content (AvgIpc) is 2.25. The first-order valence-electron chi connectivity index (χ1n) is 5.99. The SMILES string of the molecule is CCCCN1C(C)CN(C)C(=O)C1CC#N. The van der Waals surface area contributed by atoms with Crippen molar-refractivity contribution in [1.82, 2.24) is 9.80 Å². The van der Waals surface area contributed by atoms with E-state index in [1.54, 1.807) is 4.90 Å². The largest absolute Gasteiger partial charge is 0.343 e. The highest BCUT2D eigenvalue weighted by atomic mass is 16.2. The lowest BCUT2D eigenvalue weighted by atomic mass is 10.0. The van der Waals surface area contributed by atoms with Gasteiger partial charge in [-0.3, -0.25) is 9.69 Å². The number of piperazine rings is 1. The summed E-state index contributed by atoms with van der Waals surface area (Å²) in [6, 6.07) is 2.25. The van der Waals surface area contributed by atoms with Crippen LogP contribution in [-0.4, -0.2) is 47.9 Å². The normalized spacial score (nSPS) is 26.9. The number of carbonyl (C=O) groups excluding carboxylic acids is 1. The molecule has 1 fully saturated rings. The van der Waals surface area contributed by atoms with Gasteiger partial charge >= 0.3 is 0 Å². The van der Waals surface area contributed by atoms with E-state index in [4.69, 9.17) is 5.26 Å². The zero-order valence-electron chi connectivity index (χ0n) is 10.4. The zero-order valence-corrected chi connectivity index (χ0v) is 10.4. The molecule has 1 aliphatic heterocycles. The Kier molecular flexibility index (Phi) is 4.75. The van der Waals surface area contributed by atoms with Gasteiger partial charge in [-0.1, -0.05) is 13.3 Å². The first kappa shape index (κ1) is 13.0. The number of carbonyl (C=O) groups is 1. The molecule has 0 aromatic rings. The van der Waals surface area contributed by atoms with E-state index in [0.717, 1.165) is 25.9 Å². The van der Waals surface area contributed by atoms with Crippen molar-refractivity contribution in [2.24, 2.45) is 0 Å². The Morgan fingerprint density at radius 2 is 2.25 bits per heavy atom. The van der Waals surface area contributed by atoms with E-state index in [1.165, 1.54) is 0 Å². The van der Waals surface area contributed by atoms with Crippen molar-refractivity contribution in [1.29, 1.82) is 5.26 Å². The van der Waals surface area contributed by atoms with Crippen LogP contribution >= 0.6 is 0 Å². The summed E-state index contributed by atoms with van der Waals surface area (Å²) >= 11 is 0. The number of nitriles is 1. The molecule has 2 atom stereocenters. The molecule has 1 heterocycles. The Morgan fingerprint density at radius 1 is 1.56 bits per heavy atom. The summed E-state index contributed by atoms with van der Waals surface area (Å²) in [7, 11) is 1.82. The van der Waals surface area contributed by atoms with Gasteiger partial charge in [-0.2, -0.15) is 5.26 Å². The first-order chi connectivity index (χ1) is 7.61. The van der Waals surface area contributed by atoms with Gasteiger partial charge in [0, 0.05) is 19.6 Å². The lowest BCUT2D eigenvalue weighted by Gasteiger charge is -2.43. The van der Waals surface area contributed by atoms with Gasteiger partial charge in [0.2, 0.25) is 5.91 Å². The highest BCUT2D eigenvalue weighted by Crippen LogP contribution is 2.19. The van der Waals surface area contributed by atoms with Crippen molar-refractivity contribution in [3.63, 3.8) is 0 Å². The third kappa shape index (κ3) is 2.73. The maximum Gasteiger partial charge on any atom is 0.240 e. The van der Waals surface area contributed by atoms with Gasteiger partial charge in [-0.05, 0) is 19.9 Å². The van der Waals surface area contributed by atoms with Crippen molar-refractivity contribution in [3.8, 4) is 6.07 Å². The van der Waals surface area contributed by atoms with Gasteiger partial charge in [-0.15, -0.1) is 0 Å². The second kappa shape index (κ2) is 5.86. The molecule has 0 saturated carbocycles. The van der Waals surface area contributed by atoms with Gasteiger partial charge in [0.25, 0.3) is 0 Å². The van der Waals surface area contributed by atoms with Crippen molar-refractivity contribution in [2.45, 2.75) is 45.2 Å². The molecule has 90 valence electrons. The molecule has 1 rings (SSSR count). The Morgan fingerprint density at radius 3 is 2.81 bits per heavy atom. The molecule has 0 aromatic carbocycles. The molecule has 2 unspecified atom stereocenters. The number of hydrogen-bond donors (Lipinski definition) is 0. The standard InChI is InChI=1S/C12H21N3O/c1-4-5-8-15-10(2)9-14(3)12(16)11(15)6-7-13/h10-11H,4-6,8-9H2,1-3H3. The van der Waals surface area contributed by atoms with E-state index >= 15 is 0 Å². The second-order valence-electron chi connectivity index (χ2n) is 4.54. The molecular weight excluding hydrogens is 202 g/mol. The number of likely N-dealkylation sites (N-methyl/N-ethyl adjacent to an activating group) is 1. The van der Waals surface area contributed by atoms with Crippen molar-refractivity contribution in [2.75, 3.05) is 20.1 Å². The number of amides is 1. The highest BCUT2D eigenvalue weighted by Gasteiger charge is 2.36. The Bertz CT molecular complexity index is 284. The minimum atomic E-state index is -0.231. The molecule has 0 N–H and O–H groups in total. The molecular formula is C12H21N3O. The van der Waals surface area contributed by atoms with Crippen LogP contribution in [0.4, 0.5) is 0 Å². The molecule has 0 bridgehead atoms. The summed E-state index contributed by atoms with van der Waals surface area (Å²) in [5, 5.41) is 8.80. The Hall–Kier alpha value is -1.08. The third-order valence-corrected chi connectivity index (χ3v) is 3.22. The van der Waals surface area contributed by atoms with Gasteiger partial charge in [-0.25, -0.2) is 0 Å². The van der Waals surface area contributed by atoms with Crippen LogP contribution in [0.5, 0.6) is 0 Å². The lowest BCUT2D eigenvalue weighted by molar-refractivity contribution is -0.142. The zero-order chi connectivity index (χ0) is 12.1. The maximum absolute atomic E-state index is 12.0. The summed E-state index contributed by atoms with van der Waals surface area (Å²) in [6.45, 7) is 5.96. The van der Waals surface area contributed by atoms with Crippen LogP contribution in [0.3, 0.4) is 0 Å². The monoisotopic (exact) mass is 223 g/mol. The summed E-state index contributed by atoms with van der Waals surface area (Å²) in [4.78, 5) is 15.9. The van der Waals surface area contributed by atoms with Crippen LogP contribution in [0, 0.1) is 11.3 Å². The molecule has 16 heavy (non-hydrogen) atoms. The topological polar surface area (TPSA) is 47.3 Å². The molecule has 1 amide bonds. The predicted molar refractivity (Wildman–Crippen MR) is 62.7 cm³/mol. The molecule has 0 aliphatic carbocycles. The Balaban J connectivity index is 2.75. The van der Waals surface area contributed by atoms with Gasteiger partial charge < -0.3 is 4.90 Å². The molecule has 1 aliphatic rings. The minimum absolute atomic E-state index is 0.0933. The quantitative estimate of drug-likeness (QED) is 0.720. The summed E-state index contributed by atoms with van der Waals surface area (Å²) in [6.07, 6.45) is 2.51. The fraction of sp³-hybridized carbons (Fsp3) is 0.833. The molecule has 0 radical (unpaired) electrons. The average molecular weight is 223 g/mol. The van der Waals surface area contributed by atoms with Crippen molar-refractivity contribution >= 4 is 5.91 Å². The van der Waals surface area contributed by atoms with E-state index in [-0.39, 0.29) is 11.9 Å². The van der Waals surface area contributed by atoms with Crippen LogP contribution in [0.2, 0.25) is 0 Å². The number of unbranched alkanes of at least 4 members (excludes halogenated alkanes) is 1. The van der Waals surface area contributed by atoms with Gasteiger partial charge in [0.05, 0.1) is 12.5 Å². The van der Waals surface area contributed by atoms with E-state index in [9.17, 15) is 4.79 Å². The lowest BCUT2D eigenvalue weighted by Crippen LogP contribution is -2.59. The molecule has 0 spiro atoms. The van der Waals surface area contributed by atoms with Crippen LogP contribution in [0.1, 0.15) is 33.1 Å². The fourth-order valence-electron chi connectivity index (χ4n) is 2.30. The summed E-state index contributed by atoms with van der Waals surface area (Å²) < 4.78 is 0. The molecule has 0 aromatic heterocycles. The maximum atomic E-state index is 12.0. The summed E-state index contributed by atoms with van der Waals surface area (Å²) in [5.74, 6) is 0.0933. The number of rotatable bonds is 4. The number of nitrogens with zero attached hydrogens (tertiary/aromatic N) is 3. The minimum Gasteiger partial charge on any atom is -0.343 e. The van der Waals surface area contributed by atoms with Crippen LogP contribution in [0.25, 0.3) is 0 Å². The van der Waals surface area contributed by atoms with Crippen LogP contribution in [0.15, 0.2) is 0 Å². The van der Waals surface area contributed by atoms with E-state index in [1.807, 2.05) is 7.05 Å². The molecule has 4 heteroatoms. The number of hydrogen-bond acceptors (Lipinski definition) is 3. The molecule has 1 saturated heterocycles. The smallest absolute Gasteiger partial charge is 0.240 e. The van der Waals surface area contributed by atoms with E-state index < -0.39 is 0 Å². The Labute approximate surface area is 97.8 Å². The highest BCUT2D eigenvalue weighted by molar-refractivity contribution is 5.82. The summed E-state index contributed by atoms with van der Waals surface area (Å²) in [5.41, 5.74) is 0. The van der Waals surface area contributed by atoms with Crippen LogP contribution in [-0.2, 0) is 4.79 Å². The van der Waals surface area contributed by atoms with E-state index in [0.29, 0.717) is 12.5 Å². The molecule has 4 nitrogen and oxygen atoms in total. The van der Waals surface area contributed by atoms with Gasteiger partial charge in [0.1, 0.15) is 6.04 Å². The van der Waals surface area contributed by atoms with Gasteiger partial charge in [0.15, 0.2) is 0 Å². The van der Waals surface area contributed by atoms with Crippen LogP contribution < -0.4 is 0 Å². The van der Waals surface area contributed by atoms with Crippen molar-refractivity contribution < 1.29 is 4.79 Å².